The van der Waals surface area contributed by atoms with Gasteiger partial charge in [0.05, 0.1) is 17.0 Å². The van der Waals surface area contributed by atoms with Gasteiger partial charge in [-0.05, 0) is 37.1 Å². The van der Waals surface area contributed by atoms with Gasteiger partial charge >= 0.3 is 6.18 Å². The van der Waals surface area contributed by atoms with E-state index in [2.05, 4.69) is 15.5 Å². The molecule has 144 valence electrons. The number of benzene rings is 1. The van der Waals surface area contributed by atoms with Crippen molar-refractivity contribution in [2.75, 3.05) is 18.0 Å². The number of rotatable bonds is 4. The van der Waals surface area contributed by atoms with Gasteiger partial charge in [0.2, 0.25) is 0 Å². The van der Waals surface area contributed by atoms with E-state index in [4.69, 9.17) is 11.6 Å². The Bertz CT molecular complexity index is 814. The van der Waals surface area contributed by atoms with Crippen molar-refractivity contribution < 1.29 is 18.0 Å². The fourth-order valence-electron chi connectivity index (χ4n) is 2.70. The Kier molecular flexibility index (Phi) is 6.01. The van der Waals surface area contributed by atoms with Gasteiger partial charge in [-0.3, -0.25) is 4.79 Å². The molecule has 0 atom stereocenters. The smallest absolute Gasteiger partial charge is 0.348 e. The van der Waals surface area contributed by atoms with Gasteiger partial charge in [-0.25, -0.2) is 10.4 Å². The molecule has 1 N–H and O–H groups in total. The zero-order valence-corrected chi connectivity index (χ0v) is 15.6. The lowest BCUT2D eigenvalue weighted by Crippen LogP contribution is -2.38. The van der Waals surface area contributed by atoms with Crippen LogP contribution in [0.4, 0.5) is 18.3 Å². The number of halogens is 4. The lowest BCUT2D eigenvalue weighted by molar-refractivity contribution is -0.179. The summed E-state index contributed by atoms with van der Waals surface area (Å²) in [5.74, 6) is -1.61. The van der Waals surface area contributed by atoms with Crippen LogP contribution < -0.4 is 10.3 Å². The molecule has 27 heavy (non-hydrogen) atoms. The number of nitrogens with zero attached hydrogens (tertiary/aromatic N) is 3. The number of hydrogen-bond acceptors (Lipinski definition) is 5. The molecule has 0 spiro atoms. The number of hydrogen-bond donors (Lipinski definition) is 1. The summed E-state index contributed by atoms with van der Waals surface area (Å²) >= 11 is 7.08. The lowest BCUT2D eigenvalue weighted by atomic mass is 9.97. The summed E-state index contributed by atoms with van der Waals surface area (Å²) in [6.45, 7) is 0.642. The number of aromatic nitrogens is 1. The number of thiazole rings is 1. The van der Waals surface area contributed by atoms with Crippen LogP contribution in [-0.2, 0) is 0 Å². The molecule has 1 aromatic carbocycles. The van der Waals surface area contributed by atoms with Crippen LogP contribution in [0.15, 0.2) is 35.6 Å². The normalized spacial score (nSPS) is 16.1. The third kappa shape index (κ3) is 5.20. The maximum atomic E-state index is 12.7. The number of alkyl halides is 3. The van der Waals surface area contributed by atoms with Crippen LogP contribution in [0, 0.1) is 5.92 Å². The first kappa shape index (κ1) is 19.6. The highest BCUT2D eigenvalue weighted by atomic mass is 35.5. The highest BCUT2D eigenvalue weighted by Crippen LogP contribution is 2.36. The monoisotopic (exact) mass is 416 g/mol. The average Bonchev–Trinajstić information content (AvgIpc) is 3.10. The molecule has 10 heteroatoms. The molecule has 1 aliphatic rings. The Morgan fingerprint density at radius 2 is 1.96 bits per heavy atom. The van der Waals surface area contributed by atoms with Gasteiger partial charge in [-0.1, -0.05) is 22.9 Å². The summed E-state index contributed by atoms with van der Waals surface area (Å²) in [6, 6.07) is 6.39. The molecule has 2 heterocycles. The lowest BCUT2D eigenvalue weighted by Gasteiger charge is -2.32. The predicted octanol–water partition coefficient (Wildman–Crippen LogP) is 4.34. The van der Waals surface area contributed by atoms with E-state index in [9.17, 15) is 18.0 Å². The first-order valence-electron chi connectivity index (χ1n) is 8.19. The predicted molar refractivity (Wildman–Crippen MR) is 99.6 cm³/mol. The average molecular weight is 417 g/mol. The Balaban J connectivity index is 1.53. The Morgan fingerprint density at radius 3 is 2.59 bits per heavy atom. The quantitative estimate of drug-likeness (QED) is 0.596. The zero-order valence-electron chi connectivity index (χ0n) is 14.0. The van der Waals surface area contributed by atoms with Gasteiger partial charge in [-0.15, -0.1) is 0 Å². The fourth-order valence-corrected chi connectivity index (χ4v) is 3.67. The van der Waals surface area contributed by atoms with Crippen molar-refractivity contribution >= 4 is 40.2 Å². The number of carbonyl (C=O) groups is 1. The van der Waals surface area contributed by atoms with Crippen molar-refractivity contribution in [2.45, 2.75) is 19.0 Å². The second kappa shape index (κ2) is 8.26. The standard InChI is InChI=1S/C17H16ClF3N4OS/c18-13-3-1-11(2-4-13)15(26)24-23-10-14-9-22-16(27-14)25-7-5-12(6-8-25)17(19,20)21/h1-4,9-10,12H,5-8H2,(H,24,26)/b23-10+. The number of amides is 1. The zero-order chi connectivity index (χ0) is 19.4. The minimum atomic E-state index is -4.13. The molecule has 0 bridgehead atoms. The Labute approximate surface area is 162 Å². The molecule has 1 amide bonds. The molecule has 5 nitrogen and oxygen atoms in total. The van der Waals surface area contributed by atoms with Gasteiger partial charge in [0.15, 0.2) is 5.13 Å². The molecule has 1 aromatic heterocycles. The van der Waals surface area contributed by atoms with Gasteiger partial charge in [0, 0.05) is 29.9 Å². The van der Waals surface area contributed by atoms with Crippen LogP contribution >= 0.6 is 22.9 Å². The van der Waals surface area contributed by atoms with E-state index in [-0.39, 0.29) is 18.7 Å². The molecule has 1 saturated heterocycles. The van der Waals surface area contributed by atoms with E-state index in [0.717, 1.165) is 0 Å². The minimum Gasteiger partial charge on any atom is -0.348 e. The summed E-state index contributed by atoms with van der Waals surface area (Å²) in [7, 11) is 0. The van der Waals surface area contributed by atoms with Crippen LogP contribution in [0.25, 0.3) is 0 Å². The molecule has 1 fully saturated rings. The highest BCUT2D eigenvalue weighted by Gasteiger charge is 2.41. The Morgan fingerprint density at radius 1 is 1.30 bits per heavy atom. The molecule has 0 saturated carbocycles. The van der Waals surface area contributed by atoms with E-state index in [1.807, 2.05) is 4.90 Å². The second-order valence-corrected chi connectivity index (χ2v) is 7.53. The van der Waals surface area contributed by atoms with Crippen LogP contribution in [0.2, 0.25) is 5.02 Å². The first-order chi connectivity index (χ1) is 12.8. The third-order valence-electron chi connectivity index (χ3n) is 4.20. The summed E-state index contributed by atoms with van der Waals surface area (Å²) in [5, 5.41) is 5.08. The number of nitrogens with one attached hydrogen (secondary N) is 1. The molecule has 0 unspecified atom stereocenters. The van der Waals surface area contributed by atoms with Crippen molar-refractivity contribution in [2.24, 2.45) is 11.0 Å². The van der Waals surface area contributed by atoms with Crippen LogP contribution in [0.1, 0.15) is 28.1 Å². The molecular formula is C17H16ClF3N4OS. The largest absolute Gasteiger partial charge is 0.391 e. The number of carbonyl (C=O) groups excluding carboxylic acids is 1. The van der Waals surface area contributed by atoms with Crippen molar-refractivity contribution in [3.8, 4) is 0 Å². The van der Waals surface area contributed by atoms with Gasteiger partial charge < -0.3 is 4.90 Å². The highest BCUT2D eigenvalue weighted by molar-refractivity contribution is 7.17. The van der Waals surface area contributed by atoms with E-state index >= 15 is 0 Å². The van der Waals surface area contributed by atoms with E-state index in [0.29, 0.717) is 33.7 Å². The van der Waals surface area contributed by atoms with Crippen LogP contribution in [0.5, 0.6) is 0 Å². The molecule has 0 radical (unpaired) electrons. The fraction of sp³-hybridized carbons (Fsp3) is 0.353. The van der Waals surface area contributed by atoms with E-state index in [1.54, 1.807) is 30.5 Å². The number of anilines is 1. The number of piperidine rings is 1. The Hall–Kier alpha value is -2.13. The van der Waals surface area contributed by atoms with Crippen molar-refractivity contribution in [1.82, 2.24) is 10.4 Å². The van der Waals surface area contributed by atoms with Gasteiger partial charge in [0.1, 0.15) is 0 Å². The van der Waals surface area contributed by atoms with Crippen LogP contribution in [0.3, 0.4) is 0 Å². The van der Waals surface area contributed by atoms with Crippen LogP contribution in [-0.4, -0.2) is 36.4 Å². The number of hydrazone groups is 1. The molecule has 2 aromatic rings. The summed E-state index contributed by atoms with van der Waals surface area (Å²) < 4.78 is 38.2. The topological polar surface area (TPSA) is 57.6 Å². The maximum Gasteiger partial charge on any atom is 0.391 e. The maximum absolute atomic E-state index is 12.7. The molecule has 3 rings (SSSR count). The summed E-state index contributed by atoms with van der Waals surface area (Å²) in [6.07, 6.45) is -0.951. The first-order valence-corrected chi connectivity index (χ1v) is 9.39. The molecule has 1 aliphatic heterocycles. The van der Waals surface area contributed by atoms with Gasteiger partial charge in [-0.2, -0.15) is 18.3 Å². The SMILES string of the molecule is O=C(N/N=C/c1cnc(N2CCC(C(F)(F)F)CC2)s1)c1ccc(Cl)cc1. The van der Waals surface area contributed by atoms with Crippen molar-refractivity contribution in [3.63, 3.8) is 0 Å². The van der Waals surface area contributed by atoms with E-state index in [1.165, 1.54) is 17.6 Å². The molecular weight excluding hydrogens is 401 g/mol. The van der Waals surface area contributed by atoms with Gasteiger partial charge in [0.25, 0.3) is 5.91 Å². The molecule has 0 aliphatic carbocycles. The van der Waals surface area contributed by atoms with Crippen molar-refractivity contribution in [3.05, 3.63) is 45.9 Å². The van der Waals surface area contributed by atoms with E-state index < -0.39 is 12.1 Å². The third-order valence-corrected chi connectivity index (χ3v) is 5.45. The summed E-state index contributed by atoms with van der Waals surface area (Å²) in [4.78, 5) is 18.7. The minimum absolute atomic E-state index is 0.0731. The summed E-state index contributed by atoms with van der Waals surface area (Å²) in [5.41, 5.74) is 2.83. The van der Waals surface area contributed by atoms with Crippen molar-refractivity contribution in [1.29, 1.82) is 0 Å². The second-order valence-electron chi connectivity index (χ2n) is 6.05.